The number of methoxy groups -OCH3 is 1. The zero-order valence-corrected chi connectivity index (χ0v) is 11.6. The molecule has 0 rings (SSSR count). The molecule has 1 atom stereocenters. The van der Waals surface area contributed by atoms with Gasteiger partial charge in [-0.05, 0) is 20.3 Å². The van der Waals surface area contributed by atoms with Crippen molar-refractivity contribution in [2.45, 2.75) is 38.3 Å². The fourth-order valence-electron chi connectivity index (χ4n) is 1.16. The first kappa shape index (κ1) is 17.7. The number of rotatable bonds is 7. The summed E-state index contributed by atoms with van der Waals surface area (Å²) in [6, 6.07) is -2.15. The Balaban J connectivity index is 4.53. The second-order valence-corrected chi connectivity index (χ2v) is 4.59. The number of carbonyl (C=O) groups excluding carboxylic acids is 3. The highest BCUT2D eigenvalue weighted by atomic mass is 16.5. The second kappa shape index (κ2) is 7.31. The van der Waals surface area contributed by atoms with Crippen molar-refractivity contribution in [3.63, 3.8) is 0 Å². The number of urea groups is 1. The van der Waals surface area contributed by atoms with E-state index in [1.807, 2.05) is 0 Å². The number of hydrogen-bond acceptors (Lipinski definition) is 5. The van der Waals surface area contributed by atoms with Crippen molar-refractivity contribution in [2.75, 3.05) is 7.11 Å². The number of hydrogen-bond donors (Lipinski definition) is 4. The molecule has 0 heterocycles. The maximum atomic E-state index is 11.6. The number of nitrogens with one attached hydrogen (secondary N) is 2. The van der Waals surface area contributed by atoms with Crippen LogP contribution in [-0.4, -0.2) is 47.7 Å². The minimum atomic E-state index is -1.32. The van der Waals surface area contributed by atoms with Gasteiger partial charge in [-0.2, -0.15) is 0 Å². The van der Waals surface area contributed by atoms with Crippen molar-refractivity contribution in [3.05, 3.63) is 0 Å². The summed E-state index contributed by atoms with van der Waals surface area (Å²) in [5, 5.41) is 13.3. The van der Waals surface area contributed by atoms with E-state index in [0.29, 0.717) is 0 Å². The van der Waals surface area contributed by atoms with Crippen molar-refractivity contribution in [3.8, 4) is 0 Å². The third-order valence-corrected chi connectivity index (χ3v) is 2.51. The molecule has 0 aromatic rings. The quantitative estimate of drug-likeness (QED) is 0.440. The highest BCUT2D eigenvalue weighted by molar-refractivity contribution is 5.90. The van der Waals surface area contributed by atoms with Crippen molar-refractivity contribution >= 4 is 23.9 Å². The van der Waals surface area contributed by atoms with Gasteiger partial charge in [0.1, 0.15) is 11.6 Å². The molecule has 0 spiro atoms. The number of nitrogens with two attached hydrogens (primary N) is 1. The number of carboxylic acid groups (broad SMARTS) is 1. The van der Waals surface area contributed by atoms with Gasteiger partial charge in [0.05, 0.1) is 7.11 Å². The van der Waals surface area contributed by atoms with Crippen molar-refractivity contribution < 1.29 is 29.0 Å². The van der Waals surface area contributed by atoms with Gasteiger partial charge in [-0.25, -0.2) is 9.59 Å². The first-order valence-electron chi connectivity index (χ1n) is 5.78. The molecular formula is C11H19N3O6. The summed E-state index contributed by atoms with van der Waals surface area (Å²) in [5.41, 5.74) is 3.74. The maximum absolute atomic E-state index is 11.6. The summed E-state index contributed by atoms with van der Waals surface area (Å²) >= 11 is 0. The smallest absolute Gasteiger partial charge is 0.326 e. The van der Waals surface area contributed by atoms with Crippen LogP contribution in [0.4, 0.5) is 4.79 Å². The van der Waals surface area contributed by atoms with Crippen LogP contribution in [0.15, 0.2) is 0 Å². The topological polar surface area (TPSA) is 148 Å². The lowest BCUT2D eigenvalue weighted by molar-refractivity contribution is -0.142. The van der Waals surface area contributed by atoms with Crippen LogP contribution in [0, 0.1) is 0 Å². The molecule has 0 saturated carbocycles. The van der Waals surface area contributed by atoms with Crippen molar-refractivity contribution in [2.24, 2.45) is 5.73 Å². The van der Waals surface area contributed by atoms with Gasteiger partial charge in [0.25, 0.3) is 0 Å². The minimum absolute atomic E-state index is 0.133. The van der Waals surface area contributed by atoms with E-state index >= 15 is 0 Å². The monoisotopic (exact) mass is 289 g/mol. The fourth-order valence-corrected chi connectivity index (χ4v) is 1.16. The lowest BCUT2D eigenvalue weighted by atomic mass is 10.1. The Bertz CT molecular complexity index is 407. The first-order valence-corrected chi connectivity index (χ1v) is 5.78. The Hall–Kier alpha value is -2.32. The molecule has 0 aliphatic rings. The van der Waals surface area contributed by atoms with Gasteiger partial charge in [-0.3, -0.25) is 9.59 Å². The molecule has 0 aromatic carbocycles. The molecule has 9 nitrogen and oxygen atoms in total. The maximum Gasteiger partial charge on any atom is 0.326 e. The number of amides is 3. The SMILES string of the molecule is COC(=O)CC[C@H](NC(=O)NC(C)(C)C(N)=O)C(=O)O. The molecule has 20 heavy (non-hydrogen) atoms. The third-order valence-electron chi connectivity index (χ3n) is 2.51. The van der Waals surface area contributed by atoms with Crippen molar-refractivity contribution in [1.82, 2.24) is 10.6 Å². The average Bonchev–Trinajstić information content (AvgIpc) is 2.32. The largest absolute Gasteiger partial charge is 0.480 e. The van der Waals surface area contributed by atoms with E-state index in [-0.39, 0.29) is 12.8 Å². The molecule has 114 valence electrons. The van der Waals surface area contributed by atoms with E-state index in [9.17, 15) is 19.2 Å². The summed E-state index contributed by atoms with van der Waals surface area (Å²) in [6.45, 7) is 2.75. The summed E-state index contributed by atoms with van der Waals surface area (Å²) in [6.07, 6.45) is -0.292. The Morgan fingerprint density at radius 1 is 1.30 bits per heavy atom. The Morgan fingerprint density at radius 2 is 1.85 bits per heavy atom. The van der Waals surface area contributed by atoms with Crippen LogP contribution in [0.1, 0.15) is 26.7 Å². The van der Waals surface area contributed by atoms with Gasteiger partial charge < -0.3 is 26.2 Å². The number of primary amides is 1. The second-order valence-electron chi connectivity index (χ2n) is 4.59. The molecule has 9 heteroatoms. The zero-order valence-electron chi connectivity index (χ0n) is 11.6. The fraction of sp³-hybridized carbons (Fsp3) is 0.636. The first-order chi connectivity index (χ1) is 9.10. The van der Waals surface area contributed by atoms with Crippen molar-refractivity contribution in [1.29, 1.82) is 0 Å². The minimum Gasteiger partial charge on any atom is -0.480 e. The number of ether oxygens (including phenoxy) is 1. The van der Waals surface area contributed by atoms with Crippen LogP contribution in [0.3, 0.4) is 0 Å². The highest BCUT2D eigenvalue weighted by Gasteiger charge is 2.29. The van der Waals surface area contributed by atoms with E-state index < -0.39 is 35.5 Å². The Morgan fingerprint density at radius 3 is 2.25 bits per heavy atom. The van der Waals surface area contributed by atoms with Gasteiger partial charge in [0.2, 0.25) is 5.91 Å². The lowest BCUT2D eigenvalue weighted by Crippen LogP contribution is -2.58. The molecule has 0 aliphatic carbocycles. The standard InChI is InChI=1S/C11H19N3O6/c1-11(2,9(12)18)14-10(19)13-6(8(16)17)4-5-7(15)20-3/h6H,4-5H2,1-3H3,(H2,12,18)(H,16,17)(H2,13,14,19)/t6-/m0/s1. The van der Waals surface area contributed by atoms with Crippen LogP contribution < -0.4 is 16.4 Å². The molecule has 0 aromatic heterocycles. The van der Waals surface area contributed by atoms with E-state index in [4.69, 9.17) is 10.8 Å². The number of carboxylic acids is 1. The number of esters is 1. The third kappa shape index (κ3) is 6.03. The average molecular weight is 289 g/mol. The zero-order chi connectivity index (χ0) is 15.9. The van der Waals surface area contributed by atoms with E-state index in [1.54, 1.807) is 0 Å². The van der Waals surface area contributed by atoms with Crippen LogP contribution in [-0.2, 0) is 19.1 Å². The summed E-state index contributed by atoms with van der Waals surface area (Å²) < 4.78 is 4.38. The predicted octanol–water partition coefficient (Wildman–Crippen LogP) is -1.04. The highest BCUT2D eigenvalue weighted by Crippen LogP contribution is 2.02. The van der Waals surface area contributed by atoms with Gasteiger partial charge in [-0.1, -0.05) is 0 Å². The van der Waals surface area contributed by atoms with Crippen LogP contribution in [0.25, 0.3) is 0 Å². The summed E-state index contributed by atoms with van der Waals surface area (Å²) in [5.74, 6) is -2.66. The lowest BCUT2D eigenvalue weighted by Gasteiger charge is -2.24. The summed E-state index contributed by atoms with van der Waals surface area (Å²) in [7, 11) is 1.17. The van der Waals surface area contributed by atoms with E-state index in [2.05, 4.69) is 15.4 Å². The molecule has 0 saturated heterocycles. The number of carbonyl (C=O) groups is 4. The molecule has 0 unspecified atom stereocenters. The van der Waals surface area contributed by atoms with Crippen LogP contribution >= 0.6 is 0 Å². The normalized spacial score (nSPS) is 12.2. The summed E-state index contributed by atoms with van der Waals surface area (Å²) in [4.78, 5) is 44.5. The molecular weight excluding hydrogens is 270 g/mol. The Labute approximate surface area is 115 Å². The predicted molar refractivity (Wildman–Crippen MR) is 67.6 cm³/mol. The van der Waals surface area contributed by atoms with Crippen LogP contribution in [0.5, 0.6) is 0 Å². The van der Waals surface area contributed by atoms with Gasteiger partial charge >= 0.3 is 18.0 Å². The molecule has 5 N–H and O–H groups in total. The molecule has 0 bridgehead atoms. The number of aliphatic carboxylic acids is 1. The molecule has 3 amide bonds. The van der Waals surface area contributed by atoms with E-state index in [0.717, 1.165) is 0 Å². The molecule has 0 fully saturated rings. The van der Waals surface area contributed by atoms with E-state index in [1.165, 1.54) is 21.0 Å². The molecule has 0 radical (unpaired) electrons. The van der Waals surface area contributed by atoms with Gasteiger partial charge in [0.15, 0.2) is 0 Å². The van der Waals surface area contributed by atoms with Gasteiger partial charge in [0, 0.05) is 6.42 Å². The van der Waals surface area contributed by atoms with Crippen LogP contribution in [0.2, 0.25) is 0 Å². The van der Waals surface area contributed by atoms with Gasteiger partial charge in [-0.15, -0.1) is 0 Å². The molecule has 0 aliphatic heterocycles. The Kier molecular flexibility index (Phi) is 6.47.